The predicted molar refractivity (Wildman–Crippen MR) is 64.8 cm³/mol. The molecule has 3 unspecified atom stereocenters. The number of hydrogen-bond donors (Lipinski definition) is 1. The van der Waals surface area contributed by atoms with Crippen molar-refractivity contribution in [2.75, 3.05) is 5.32 Å². The Morgan fingerprint density at radius 3 is 2.93 bits per heavy atom. The molecule has 2 nitrogen and oxygen atoms in total. The van der Waals surface area contributed by atoms with E-state index in [9.17, 15) is 0 Å². The topological polar surface area (TPSA) is 24.9 Å². The van der Waals surface area contributed by atoms with Crippen LogP contribution < -0.4 is 5.32 Å². The van der Waals surface area contributed by atoms with E-state index < -0.39 is 0 Å². The highest BCUT2D eigenvalue weighted by molar-refractivity contribution is 9.10. The number of anilines is 1. The molecule has 2 aliphatic rings. The molecule has 0 amide bonds. The summed E-state index contributed by atoms with van der Waals surface area (Å²) in [4.78, 5) is 4.24. The van der Waals surface area contributed by atoms with Gasteiger partial charge in [0.15, 0.2) is 0 Å². The summed E-state index contributed by atoms with van der Waals surface area (Å²) in [5.74, 6) is 1.89. The van der Waals surface area contributed by atoms with Crippen LogP contribution in [0.25, 0.3) is 0 Å². The fourth-order valence-electron chi connectivity index (χ4n) is 3.11. The van der Waals surface area contributed by atoms with Crippen LogP contribution in [0.2, 0.25) is 0 Å². The molecule has 2 fully saturated rings. The molecular formula is C12H15BrN2. The zero-order valence-electron chi connectivity index (χ0n) is 8.62. The first kappa shape index (κ1) is 9.64. The number of hydrogen-bond acceptors (Lipinski definition) is 2. The van der Waals surface area contributed by atoms with Gasteiger partial charge in [-0.15, -0.1) is 0 Å². The van der Waals surface area contributed by atoms with Gasteiger partial charge in [0.2, 0.25) is 0 Å². The molecule has 0 spiro atoms. The quantitative estimate of drug-likeness (QED) is 0.830. The predicted octanol–water partition coefficient (Wildman–Crippen LogP) is 3.44. The van der Waals surface area contributed by atoms with Gasteiger partial charge in [0, 0.05) is 12.2 Å². The molecule has 1 heterocycles. The Morgan fingerprint density at radius 2 is 2.27 bits per heavy atom. The number of halogens is 1. The minimum absolute atomic E-state index is 0.684. The zero-order chi connectivity index (χ0) is 10.3. The molecule has 15 heavy (non-hydrogen) atoms. The van der Waals surface area contributed by atoms with Crippen molar-refractivity contribution in [2.24, 2.45) is 11.8 Å². The third kappa shape index (κ3) is 1.78. The first-order valence-electron chi connectivity index (χ1n) is 5.70. The van der Waals surface area contributed by atoms with E-state index in [2.05, 4.69) is 32.3 Å². The zero-order valence-corrected chi connectivity index (χ0v) is 10.2. The molecule has 0 radical (unpaired) electrons. The van der Waals surface area contributed by atoms with E-state index in [1.807, 2.05) is 12.3 Å². The molecule has 3 heteroatoms. The van der Waals surface area contributed by atoms with E-state index in [1.165, 1.54) is 25.7 Å². The molecule has 0 saturated heterocycles. The Kier molecular flexibility index (Phi) is 2.43. The van der Waals surface area contributed by atoms with Gasteiger partial charge in [0.25, 0.3) is 0 Å². The van der Waals surface area contributed by atoms with Crippen LogP contribution in [0.5, 0.6) is 0 Å². The number of rotatable bonds is 2. The smallest absolute Gasteiger partial charge is 0.129 e. The first-order valence-corrected chi connectivity index (χ1v) is 6.49. The van der Waals surface area contributed by atoms with Crippen LogP contribution in [0.1, 0.15) is 25.7 Å². The first-order chi connectivity index (χ1) is 7.33. The molecule has 0 aromatic carbocycles. The number of nitrogens with zero attached hydrogens (tertiary/aromatic N) is 1. The lowest BCUT2D eigenvalue weighted by atomic mass is 9.95. The molecular weight excluding hydrogens is 252 g/mol. The van der Waals surface area contributed by atoms with E-state index in [-0.39, 0.29) is 0 Å². The van der Waals surface area contributed by atoms with E-state index >= 15 is 0 Å². The van der Waals surface area contributed by atoms with E-state index in [1.54, 1.807) is 0 Å². The number of fused-ring (bicyclic) bond motifs is 2. The molecule has 3 atom stereocenters. The number of aromatic nitrogens is 1. The number of pyridine rings is 1. The van der Waals surface area contributed by atoms with Crippen molar-refractivity contribution in [1.82, 2.24) is 4.98 Å². The third-order valence-electron chi connectivity index (χ3n) is 3.84. The SMILES string of the molecule is Brc1ncccc1NC1CC2CCC1C2. The molecule has 2 bridgehead atoms. The fourth-order valence-corrected chi connectivity index (χ4v) is 3.48. The highest BCUT2D eigenvalue weighted by Gasteiger charge is 2.39. The lowest BCUT2D eigenvalue weighted by Crippen LogP contribution is -2.26. The van der Waals surface area contributed by atoms with Crippen LogP contribution in [0.15, 0.2) is 22.9 Å². The van der Waals surface area contributed by atoms with Gasteiger partial charge in [-0.25, -0.2) is 4.98 Å². The maximum absolute atomic E-state index is 4.24. The molecule has 1 N–H and O–H groups in total. The van der Waals surface area contributed by atoms with Crippen LogP contribution in [0.3, 0.4) is 0 Å². The summed E-state index contributed by atoms with van der Waals surface area (Å²) < 4.78 is 0.938. The van der Waals surface area contributed by atoms with E-state index in [0.29, 0.717) is 6.04 Å². The maximum atomic E-state index is 4.24. The third-order valence-corrected chi connectivity index (χ3v) is 4.47. The summed E-state index contributed by atoms with van der Waals surface area (Å²) in [5.41, 5.74) is 1.15. The van der Waals surface area contributed by atoms with Crippen molar-refractivity contribution in [3.05, 3.63) is 22.9 Å². The van der Waals surface area contributed by atoms with E-state index in [0.717, 1.165) is 22.1 Å². The molecule has 2 saturated carbocycles. The standard InChI is InChI=1S/C12H15BrN2/c13-12-10(2-1-5-14-12)15-11-7-8-3-4-9(11)6-8/h1-2,5,8-9,11,15H,3-4,6-7H2. The Morgan fingerprint density at radius 1 is 1.33 bits per heavy atom. The monoisotopic (exact) mass is 266 g/mol. The Bertz CT molecular complexity index is 366. The summed E-state index contributed by atoms with van der Waals surface area (Å²) in [5, 5.41) is 3.63. The molecule has 1 aromatic rings. The van der Waals surface area contributed by atoms with Crippen molar-refractivity contribution in [1.29, 1.82) is 0 Å². The molecule has 0 aliphatic heterocycles. The second-order valence-electron chi connectivity index (χ2n) is 4.77. The molecule has 3 rings (SSSR count). The van der Waals surface area contributed by atoms with Gasteiger partial charge in [0.1, 0.15) is 4.60 Å². The van der Waals surface area contributed by atoms with Crippen LogP contribution in [0, 0.1) is 11.8 Å². The average molecular weight is 267 g/mol. The Balaban J connectivity index is 1.73. The highest BCUT2D eigenvalue weighted by atomic mass is 79.9. The van der Waals surface area contributed by atoms with Gasteiger partial charge in [-0.3, -0.25) is 0 Å². The van der Waals surface area contributed by atoms with Gasteiger partial charge < -0.3 is 5.32 Å². The largest absolute Gasteiger partial charge is 0.380 e. The summed E-state index contributed by atoms with van der Waals surface area (Å²) in [6.45, 7) is 0. The van der Waals surface area contributed by atoms with Gasteiger partial charge >= 0.3 is 0 Å². The minimum Gasteiger partial charge on any atom is -0.380 e. The second kappa shape index (κ2) is 3.78. The number of nitrogens with one attached hydrogen (secondary N) is 1. The lowest BCUT2D eigenvalue weighted by Gasteiger charge is -2.24. The maximum Gasteiger partial charge on any atom is 0.129 e. The molecule has 1 aromatic heterocycles. The van der Waals surface area contributed by atoms with Gasteiger partial charge in [-0.1, -0.05) is 6.42 Å². The summed E-state index contributed by atoms with van der Waals surface area (Å²) in [7, 11) is 0. The second-order valence-corrected chi connectivity index (χ2v) is 5.52. The van der Waals surface area contributed by atoms with Crippen LogP contribution in [-0.2, 0) is 0 Å². The normalized spacial score (nSPS) is 33.3. The molecule has 2 aliphatic carbocycles. The van der Waals surface area contributed by atoms with Gasteiger partial charge in [-0.05, 0) is 59.2 Å². The van der Waals surface area contributed by atoms with Crippen molar-refractivity contribution < 1.29 is 0 Å². The van der Waals surface area contributed by atoms with Gasteiger partial charge in [0.05, 0.1) is 5.69 Å². The minimum atomic E-state index is 0.684. The highest BCUT2D eigenvalue weighted by Crippen LogP contribution is 2.45. The van der Waals surface area contributed by atoms with Crippen LogP contribution in [0.4, 0.5) is 5.69 Å². The van der Waals surface area contributed by atoms with Crippen LogP contribution >= 0.6 is 15.9 Å². The fraction of sp³-hybridized carbons (Fsp3) is 0.583. The van der Waals surface area contributed by atoms with Crippen molar-refractivity contribution in [3.8, 4) is 0 Å². The Hall–Kier alpha value is -0.570. The van der Waals surface area contributed by atoms with Crippen molar-refractivity contribution >= 4 is 21.6 Å². The van der Waals surface area contributed by atoms with Crippen LogP contribution in [-0.4, -0.2) is 11.0 Å². The van der Waals surface area contributed by atoms with Gasteiger partial charge in [-0.2, -0.15) is 0 Å². The molecule has 80 valence electrons. The van der Waals surface area contributed by atoms with E-state index in [4.69, 9.17) is 0 Å². The summed E-state index contributed by atoms with van der Waals surface area (Å²) >= 11 is 3.48. The average Bonchev–Trinajstić information content (AvgIpc) is 2.83. The van der Waals surface area contributed by atoms with Crippen molar-refractivity contribution in [2.45, 2.75) is 31.7 Å². The van der Waals surface area contributed by atoms with Crippen molar-refractivity contribution in [3.63, 3.8) is 0 Å². The summed E-state index contributed by atoms with van der Waals surface area (Å²) in [6.07, 6.45) is 7.48. The lowest BCUT2D eigenvalue weighted by molar-refractivity contribution is 0.439. The summed E-state index contributed by atoms with van der Waals surface area (Å²) in [6, 6.07) is 4.77. The Labute approximate surface area is 98.6 Å².